The Kier molecular flexibility index (Phi) is 7.56. The molecule has 4 aromatic rings. The topological polar surface area (TPSA) is 113 Å². The number of hydrogen-bond acceptors (Lipinski definition) is 5. The van der Waals surface area contributed by atoms with E-state index in [-0.39, 0.29) is 9.79 Å². The summed E-state index contributed by atoms with van der Waals surface area (Å²) in [4.78, 5) is 13.0. The molecule has 0 spiro atoms. The molecule has 0 bridgehead atoms. The Morgan fingerprint density at radius 1 is 0.737 bits per heavy atom. The Labute approximate surface area is 223 Å². The van der Waals surface area contributed by atoms with Crippen molar-refractivity contribution in [1.29, 1.82) is 0 Å². The van der Waals surface area contributed by atoms with E-state index >= 15 is 0 Å². The Morgan fingerprint density at radius 3 is 1.97 bits per heavy atom. The first-order valence-electron chi connectivity index (χ1n) is 11.6. The van der Waals surface area contributed by atoms with Gasteiger partial charge in [0.1, 0.15) is 0 Å². The molecule has 1 amide bonds. The fraction of sp³-hybridized carbons (Fsp3) is 0.107. The van der Waals surface area contributed by atoms with Gasteiger partial charge >= 0.3 is 0 Å². The summed E-state index contributed by atoms with van der Waals surface area (Å²) < 4.78 is 55.0. The van der Waals surface area contributed by atoms with Gasteiger partial charge in [0.05, 0.1) is 21.2 Å². The molecule has 0 saturated heterocycles. The lowest BCUT2D eigenvalue weighted by molar-refractivity contribution is 0.102. The van der Waals surface area contributed by atoms with Crippen LogP contribution in [0, 0.1) is 13.8 Å². The van der Waals surface area contributed by atoms with Gasteiger partial charge in [0.15, 0.2) is 0 Å². The lowest BCUT2D eigenvalue weighted by Crippen LogP contribution is -2.26. The van der Waals surface area contributed by atoms with Crippen LogP contribution in [-0.4, -0.2) is 29.8 Å². The summed E-state index contributed by atoms with van der Waals surface area (Å²) in [6.45, 7) is 3.76. The molecule has 0 atom stereocenters. The highest BCUT2D eigenvalue weighted by Gasteiger charge is 2.21. The molecule has 0 aliphatic rings. The molecule has 0 radical (unpaired) electrons. The Hall–Kier alpha value is -4.15. The van der Waals surface area contributed by atoms with Gasteiger partial charge in [-0.2, -0.15) is 0 Å². The van der Waals surface area contributed by atoms with Crippen LogP contribution in [0.2, 0.25) is 0 Å². The molecule has 4 rings (SSSR count). The molecule has 0 unspecified atom stereocenters. The number of nitrogens with zero attached hydrogens (tertiary/aromatic N) is 1. The molecule has 0 heterocycles. The number of hydrogen-bond donors (Lipinski definition) is 2. The van der Waals surface area contributed by atoms with E-state index in [4.69, 9.17) is 0 Å². The molecule has 0 fully saturated rings. The maximum Gasteiger partial charge on any atom is 0.264 e. The van der Waals surface area contributed by atoms with Gasteiger partial charge in [-0.25, -0.2) is 16.8 Å². The quantitative estimate of drug-likeness (QED) is 0.314. The third kappa shape index (κ3) is 5.87. The maximum absolute atomic E-state index is 12.8. The van der Waals surface area contributed by atoms with Gasteiger partial charge in [0.25, 0.3) is 26.0 Å². The Bertz CT molecular complexity index is 1670. The number of amides is 1. The molecule has 2 N–H and O–H groups in total. The fourth-order valence-corrected chi connectivity index (χ4v) is 6.11. The summed E-state index contributed by atoms with van der Waals surface area (Å²) in [6.07, 6.45) is 0. The number of carbonyl (C=O) groups is 1. The fourth-order valence-electron chi connectivity index (χ4n) is 3.76. The van der Waals surface area contributed by atoms with E-state index in [2.05, 4.69) is 10.0 Å². The third-order valence-electron chi connectivity index (χ3n) is 5.94. The van der Waals surface area contributed by atoms with E-state index in [0.29, 0.717) is 22.6 Å². The number of sulfonamides is 2. The third-order valence-corrected chi connectivity index (χ3v) is 9.12. The summed E-state index contributed by atoms with van der Waals surface area (Å²) in [6, 6.07) is 25.5. The smallest absolute Gasteiger partial charge is 0.264 e. The SMILES string of the molecule is Cc1ccc(NS(=O)(=O)c2ccc(NC(=O)c3ccc(N(C)S(=O)(=O)c4ccccc4)cc3)cc2)c(C)c1. The molecule has 4 aromatic carbocycles. The molecule has 0 aliphatic carbocycles. The van der Waals surface area contributed by atoms with E-state index in [1.807, 2.05) is 26.0 Å². The lowest BCUT2D eigenvalue weighted by Gasteiger charge is -2.19. The first kappa shape index (κ1) is 26.9. The number of aryl methyl sites for hydroxylation is 2. The zero-order chi connectivity index (χ0) is 27.5. The minimum atomic E-state index is -3.81. The van der Waals surface area contributed by atoms with Crippen molar-refractivity contribution in [2.45, 2.75) is 23.6 Å². The monoisotopic (exact) mass is 549 g/mol. The number of carbonyl (C=O) groups excluding carboxylic acids is 1. The van der Waals surface area contributed by atoms with E-state index < -0.39 is 26.0 Å². The molecule has 38 heavy (non-hydrogen) atoms. The second kappa shape index (κ2) is 10.7. The predicted octanol–water partition coefficient (Wildman–Crippen LogP) is 5.18. The summed E-state index contributed by atoms with van der Waals surface area (Å²) in [7, 11) is -6.10. The molecular formula is C28H27N3O5S2. The van der Waals surface area contributed by atoms with Crippen LogP contribution in [0.5, 0.6) is 0 Å². The number of benzene rings is 4. The summed E-state index contributed by atoms with van der Waals surface area (Å²) in [5.74, 6) is -0.422. The van der Waals surface area contributed by atoms with Crippen LogP contribution < -0.4 is 14.3 Å². The predicted molar refractivity (Wildman–Crippen MR) is 150 cm³/mol. The van der Waals surface area contributed by atoms with Crippen LogP contribution in [0.4, 0.5) is 17.1 Å². The van der Waals surface area contributed by atoms with Crippen LogP contribution in [0.3, 0.4) is 0 Å². The lowest BCUT2D eigenvalue weighted by atomic mass is 10.1. The summed E-state index contributed by atoms with van der Waals surface area (Å²) >= 11 is 0. The minimum absolute atomic E-state index is 0.0579. The second-order valence-electron chi connectivity index (χ2n) is 8.73. The first-order valence-corrected chi connectivity index (χ1v) is 14.6. The molecule has 0 aliphatic heterocycles. The van der Waals surface area contributed by atoms with Gasteiger partial charge < -0.3 is 5.32 Å². The van der Waals surface area contributed by atoms with Crippen molar-refractivity contribution >= 4 is 43.0 Å². The van der Waals surface area contributed by atoms with Gasteiger partial charge in [0, 0.05) is 18.3 Å². The highest BCUT2D eigenvalue weighted by atomic mass is 32.2. The van der Waals surface area contributed by atoms with Crippen molar-refractivity contribution in [1.82, 2.24) is 0 Å². The summed E-state index contributed by atoms with van der Waals surface area (Å²) in [5, 5.41) is 2.72. The van der Waals surface area contributed by atoms with Crippen molar-refractivity contribution in [2.75, 3.05) is 21.4 Å². The van der Waals surface area contributed by atoms with E-state index in [9.17, 15) is 21.6 Å². The van der Waals surface area contributed by atoms with Gasteiger partial charge in [-0.1, -0.05) is 35.9 Å². The van der Waals surface area contributed by atoms with E-state index in [0.717, 1.165) is 15.4 Å². The average molecular weight is 550 g/mol. The van der Waals surface area contributed by atoms with Crippen LogP contribution in [-0.2, 0) is 20.0 Å². The molecular weight excluding hydrogens is 522 g/mol. The van der Waals surface area contributed by atoms with Crippen LogP contribution in [0.15, 0.2) is 107 Å². The number of nitrogens with one attached hydrogen (secondary N) is 2. The van der Waals surface area contributed by atoms with Crippen LogP contribution in [0.25, 0.3) is 0 Å². The highest BCUT2D eigenvalue weighted by molar-refractivity contribution is 7.93. The molecule has 10 heteroatoms. The van der Waals surface area contributed by atoms with Crippen LogP contribution in [0.1, 0.15) is 21.5 Å². The van der Waals surface area contributed by atoms with Crippen LogP contribution >= 0.6 is 0 Å². The number of rotatable bonds is 8. The standard InChI is InChI=1S/C28H27N3O5S2/c1-20-9-18-27(21(2)19-20)30-37(33,34)25-16-12-23(13-17-25)29-28(32)22-10-14-24(15-11-22)31(3)38(35,36)26-7-5-4-6-8-26/h4-19,30H,1-3H3,(H,29,32). The van der Waals surface area contributed by atoms with Crippen molar-refractivity contribution in [3.63, 3.8) is 0 Å². The van der Waals surface area contributed by atoms with Gasteiger partial charge in [-0.15, -0.1) is 0 Å². The van der Waals surface area contributed by atoms with Crippen molar-refractivity contribution < 1.29 is 21.6 Å². The zero-order valence-corrected chi connectivity index (χ0v) is 22.7. The summed E-state index contributed by atoms with van der Waals surface area (Å²) in [5.41, 5.74) is 3.47. The number of anilines is 3. The average Bonchev–Trinajstić information content (AvgIpc) is 2.90. The molecule has 196 valence electrons. The normalized spacial score (nSPS) is 11.6. The van der Waals surface area contributed by atoms with Gasteiger partial charge in [-0.05, 0) is 86.1 Å². The minimum Gasteiger partial charge on any atom is -0.322 e. The van der Waals surface area contributed by atoms with Crippen molar-refractivity contribution in [3.05, 3.63) is 114 Å². The maximum atomic E-state index is 12.8. The molecule has 0 aromatic heterocycles. The van der Waals surface area contributed by atoms with Gasteiger partial charge in [-0.3, -0.25) is 13.8 Å². The highest BCUT2D eigenvalue weighted by Crippen LogP contribution is 2.24. The Balaban J connectivity index is 1.43. The van der Waals surface area contributed by atoms with Crippen molar-refractivity contribution in [3.8, 4) is 0 Å². The first-order chi connectivity index (χ1) is 18.0. The Morgan fingerprint density at radius 2 is 1.37 bits per heavy atom. The second-order valence-corrected chi connectivity index (χ2v) is 12.4. The van der Waals surface area contributed by atoms with E-state index in [1.165, 1.54) is 55.6 Å². The van der Waals surface area contributed by atoms with Crippen molar-refractivity contribution in [2.24, 2.45) is 0 Å². The molecule has 8 nitrogen and oxygen atoms in total. The van der Waals surface area contributed by atoms with E-state index in [1.54, 1.807) is 36.4 Å². The molecule has 0 saturated carbocycles. The zero-order valence-electron chi connectivity index (χ0n) is 21.0. The largest absolute Gasteiger partial charge is 0.322 e. The van der Waals surface area contributed by atoms with Gasteiger partial charge in [0.2, 0.25) is 0 Å².